The number of carbonyl (C=O) groups excluding carboxylic acids is 3. The highest BCUT2D eigenvalue weighted by Gasteiger charge is 2.32. The van der Waals surface area contributed by atoms with Crippen molar-refractivity contribution in [3.05, 3.63) is 29.8 Å². The lowest BCUT2D eigenvalue weighted by molar-refractivity contribution is -0.122. The minimum absolute atomic E-state index is 0.0141. The number of rotatable bonds is 4. The van der Waals surface area contributed by atoms with Crippen LogP contribution in [0.25, 0.3) is 0 Å². The highest BCUT2D eigenvalue weighted by molar-refractivity contribution is 5.97. The molecule has 23 heavy (non-hydrogen) atoms. The Kier molecular flexibility index (Phi) is 4.18. The molecule has 2 aliphatic heterocycles. The van der Waals surface area contributed by atoms with Crippen molar-refractivity contribution in [2.45, 2.75) is 19.4 Å². The van der Waals surface area contributed by atoms with Crippen LogP contribution in [0.5, 0.6) is 0 Å². The number of amides is 3. The Labute approximate surface area is 134 Å². The summed E-state index contributed by atoms with van der Waals surface area (Å²) in [5, 5.41) is 2.82. The van der Waals surface area contributed by atoms with Crippen LogP contribution in [0.3, 0.4) is 0 Å². The minimum atomic E-state index is -0.469. The molecule has 1 aromatic carbocycles. The first kappa shape index (κ1) is 15.3. The fourth-order valence-electron chi connectivity index (χ4n) is 2.79. The Bertz CT molecular complexity index is 629. The lowest BCUT2D eigenvalue weighted by atomic mass is 10.2. The van der Waals surface area contributed by atoms with E-state index in [0.29, 0.717) is 19.7 Å². The summed E-state index contributed by atoms with van der Waals surface area (Å²) in [4.78, 5) is 38.5. The molecule has 3 amide bonds. The molecule has 0 unspecified atom stereocenters. The van der Waals surface area contributed by atoms with Crippen molar-refractivity contribution in [2.24, 2.45) is 0 Å². The lowest BCUT2D eigenvalue weighted by Crippen LogP contribution is -2.43. The average molecular weight is 317 g/mol. The molecule has 3 rings (SSSR count). The van der Waals surface area contributed by atoms with Crippen molar-refractivity contribution >= 4 is 23.6 Å². The van der Waals surface area contributed by atoms with E-state index in [0.717, 1.165) is 11.3 Å². The van der Waals surface area contributed by atoms with Gasteiger partial charge in [-0.25, -0.2) is 4.79 Å². The molecule has 0 aromatic heterocycles. The smallest absolute Gasteiger partial charge is 0.410 e. The van der Waals surface area contributed by atoms with Gasteiger partial charge >= 0.3 is 6.09 Å². The number of benzene rings is 1. The topological polar surface area (TPSA) is 79.0 Å². The van der Waals surface area contributed by atoms with E-state index in [1.54, 1.807) is 4.90 Å². The van der Waals surface area contributed by atoms with Crippen LogP contribution in [0.15, 0.2) is 24.3 Å². The Morgan fingerprint density at radius 3 is 2.70 bits per heavy atom. The second-order valence-corrected chi connectivity index (χ2v) is 5.84. The number of ether oxygens (including phenoxy) is 1. The predicted octanol–water partition coefficient (Wildman–Crippen LogP) is 0.669. The van der Waals surface area contributed by atoms with Crippen LogP contribution in [-0.4, -0.2) is 55.1 Å². The molecule has 0 spiro atoms. The van der Waals surface area contributed by atoms with Crippen LogP contribution in [0.1, 0.15) is 12.0 Å². The monoisotopic (exact) mass is 317 g/mol. The van der Waals surface area contributed by atoms with Gasteiger partial charge in [-0.1, -0.05) is 17.7 Å². The molecule has 2 aliphatic rings. The number of cyclic esters (lactones) is 1. The van der Waals surface area contributed by atoms with Gasteiger partial charge in [0.2, 0.25) is 11.8 Å². The molecule has 0 radical (unpaired) electrons. The van der Waals surface area contributed by atoms with Gasteiger partial charge in [0, 0.05) is 18.7 Å². The van der Waals surface area contributed by atoms with Gasteiger partial charge < -0.3 is 15.0 Å². The quantitative estimate of drug-likeness (QED) is 0.885. The van der Waals surface area contributed by atoms with E-state index in [1.807, 2.05) is 31.2 Å². The van der Waals surface area contributed by atoms with E-state index in [2.05, 4.69) is 5.32 Å². The SMILES string of the molecule is Cc1ccc(N2C[C@H](NC(=O)CN3CCOC3=O)CC2=O)cc1. The molecular weight excluding hydrogens is 298 g/mol. The predicted molar refractivity (Wildman–Crippen MR) is 83.0 cm³/mol. The molecule has 7 nitrogen and oxygen atoms in total. The third kappa shape index (κ3) is 3.44. The van der Waals surface area contributed by atoms with E-state index in [9.17, 15) is 14.4 Å². The highest BCUT2D eigenvalue weighted by atomic mass is 16.6. The standard InChI is InChI=1S/C16H19N3O4/c1-11-2-4-13(5-3-11)19-9-12(8-15(19)21)17-14(20)10-18-6-7-23-16(18)22/h2-5,12H,6-10H2,1H3,(H,17,20)/t12-/m1/s1. The first-order chi connectivity index (χ1) is 11.0. The third-order valence-electron chi connectivity index (χ3n) is 4.02. The molecule has 7 heteroatoms. The van der Waals surface area contributed by atoms with Gasteiger partial charge in [-0.3, -0.25) is 14.5 Å². The Morgan fingerprint density at radius 2 is 2.04 bits per heavy atom. The van der Waals surface area contributed by atoms with Crippen LogP contribution in [0.4, 0.5) is 10.5 Å². The van der Waals surface area contributed by atoms with Gasteiger partial charge in [-0.2, -0.15) is 0 Å². The van der Waals surface area contributed by atoms with Gasteiger partial charge in [0.05, 0.1) is 12.6 Å². The number of nitrogens with zero attached hydrogens (tertiary/aromatic N) is 2. The number of carbonyl (C=O) groups is 3. The zero-order valence-corrected chi connectivity index (χ0v) is 12.9. The van der Waals surface area contributed by atoms with Gasteiger partial charge in [0.25, 0.3) is 0 Å². The molecule has 1 atom stereocenters. The van der Waals surface area contributed by atoms with E-state index < -0.39 is 6.09 Å². The summed E-state index contributed by atoms with van der Waals surface area (Å²) in [6, 6.07) is 7.46. The molecule has 2 fully saturated rings. The van der Waals surface area contributed by atoms with Crippen molar-refractivity contribution in [2.75, 3.05) is 31.1 Å². The van der Waals surface area contributed by atoms with E-state index in [1.165, 1.54) is 4.90 Å². The van der Waals surface area contributed by atoms with Crippen molar-refractivity contribution in [1.29, 1.82) is 0 Å². The van der Waals surface area contributed by atoms with E-state index in [4.69, 9.17) is 4.74 Å². The van der Waals surface area contributed by atoms with Crippen molar-refractivity contribution in [3.63, 3.8) is 0 Å². The van der Waals surface area contributed by atoms with Crippen LogP contribution in [0, 0.1) is 6.92 Å². The summed E-state index contributed by atoms with van der Waals surface area (Å²) < 4.78 is 4.78. The number of hydrogen-bond donors (Lipinski definition) is 1. The summed E-state index contributed by atoms with van der Waals surface area (Å²) >= 11 is 0. The molecule has 0 saturated carbocycles. The van der Waals surface area contributed by atoms with Crippen LogP contribution >= 0.6 is 0 Å². The fourth-order valence-corrected chi connectivity index (χ4v) is 2.79. The average Bonchev–Trinajstić information content (AvgIpc) is 3.06. The second kappa shape index (κ2) is 6.28. The van der Waals surface area contributed by atoms with Crippen LogP contribution in [-0.2, 0) is 14.3 Å². The number of hydrogen-bond acceptors (Lipinski definition) is 4. The Hall–Kier alpha value is -2.57. The summed E-state index contributed by atoms with van der Waals surface area (Å²) in [6.07, 6.45) is -0.201. The first-order valence-electron chi connectivity index (χ1n) is 7.61. The fraction of sp³-hybridized carbons (Fsp3) is 0.438. The van der Waals surface area contributed by atoms with Crippen molar-refractivity contribution < 1.29 is 19.1 Å². The zero-order valence-electron chi connectivity index (χ0n) is 12.9. The minimum Gasteiger partial charge on any atom is -0.448 e. The summed E-state index contributed by atoms with van der Waals surface area (Å²) in [7, 11) is 0. The molecular formula is C16H19N3O4. The molecule has 1 N–H and O–H groups in total. The molecule has 0 aliphatic carbocycles. The normalized spacial score (nSPS) is 20.8. The Morgan fingerprint density at radius 1 is 1.30 bits per heavy atom. The molecule has 2 saturated heterocycles. The number of aryl methyl sites for hydroxylation is 1. The second-order valence-electron chi connectivity index (χ2n) is 5.84. The summed E-state index contributed by atoms with van der Waals surface area (Å²) in [5.74, 6) is -0.285. The van der Waals surface area contributed by atoms with Gasteiger partial charge in [0.15, 0.2) is 0 Å². The van der Waals surface area contributed by atoms with Gasteiger partial charge in [-0.05, 0) is 19.1 Å². The number of anilines is 1. The van der Waals surface area contributed by atoms with E-state index in [-0.39, 0.29) is 30.8 Å². The van der Waals surface area contributed by atoms with Crippen molar-refractivity contribution in [3.8, 4) is 0 Å². The summed E-state index contributed by atoms with van der Waals surface area (Å²) in [6.45, 7) is 3.13. The van der Waals surface area contributed by atoms with Gasteiger partial charge in [-0.15, -0.1) is 0 Å². The maximum Gasteiger partial charge on any atom is 0.410 e. The summed E-state index contributed by atoms with van der Waals surface area (Å²) in [5.41, 5.74) is 1.96. The zero-order chi connectivity index (χ0) is 16.4. The van der Waals surface area contributed by atoms with Gasteiger partial charge in [0.1, 0.15) is 13.2 Å². The Balaban J connectivity index is 1.56. The largest absolute Gasteiger partial charge is 0.448 e. The molecule has 1 aromatic rings. The maximum absolute atomic E-state index is 12.1. The van der Waals surface area contributed by atoms with E-state index >= 15 is 0 Å². The van der Waals surface area contributed by atoms with Crippen LogP contribution < -0.4 is 10.2 Å². The third-order valence-corrected chi connectivity index (χ3v) is 4.02. The van der Waals surface area contributed by atoms with Crippen LogP contribution in [0.2, 0.25) is 0 Å². The molecule has 0 bridgehead atoms. The van der Waals surface area contributed by atoms with Crippen molar-refractivity contribution in [1.82, 2.24) is 10.2 Å². The lowest BCUT2D eigenvalue weighted by Gasteiger charge is -2.18. The number of nitrogens with one attached hydrogen (secondary N) is 1. The maximum atomic E-state index is 12.1. The highest BCUT2D eigenvalue weighted by Crippen LogP contribution is 2.22. The molecule has 122 valence electrons. The first-order valence-corrected chi connectivity index (χ1v) is 7.61. The molecule has 2 heterocycles.